The lowest BCUT2D eigenvalue weighted by Gasteiger charge is -2.30. The highest BCUT2D eigenvalue weighted by atomic mass is 15.1. The molecule has 0 unspecified atom stereocenters. The number of aryl methyl sites for hydroxylation is 1. The molecule has 0 spiro atoms. The number of hydrogen-bond acceptors (Lipinski definition) is 2. The molecule has 0 heterocycles. The monoisotopic (exact) mass is 656 g/mol. The lowest BCUT2D eigenvalue weighted by Crippen LogP contribution is -2.18. The van der Waals surface area contributed by atoms with Crippen LogP contribution in [0.25, 0.3) is 32.7 Å². The van der Waals surface area contributed by atoms with Crippen LogP contribution in [0.2, 0.25) is 0 Å². The minimum absolute atomic E-state index is 0.241. The fourth-order valence-corrected chi connectivity index (χ4v) is 8.17. The van der Waals surface area contributed by atoms with E-state index in [4.69, 9.17) is 0 Å². The lowest BCUT2D eigenvalue weighted by molar-refractivity contribution is 0.661. The number of anilines is 6. The first-order valence-corrected chi connectivity index (χ1v) is 18.0. The smallest absolute Gasteiger partial charge is 0.0543 e. The van der Waals surface area contributed by atoms with Crippen LogP contribution in [-0.4, -0.2) is 0 Å². The van der Waals surface area contributed by atoms with Gasteiger partial charge >= 0.3 is 0 Å². The second kappa shape index (κ2) is 12.3. The summed E-state index contributed by atoms with van der Waals surface area (Å²) in [4.78, 5) is 4.85. The third-order valence-electron chi connectivity index (χ3n) is 10.8. The summed E-state index contributed by atoms with van der Waals surface area (Å²) in [5.41, 5.74) is 13.4. The number of fused-ring (bicyclic) bond motifs is 6. The lowest BCUT2D eigenvalue weighted by atomic mass is 9.81. The molecule has 0 amide bonds. The van der Waals surface area contributed by atoms with E-state index >= 15 is 0 Å². The molecule has 0 saturated carbocycles. The van der Waals surface area contributed by atoms with Gasteiger partial charge < -0.3 is 9.80 Å². The van der Waals surface area contributed by atoms with Gasteiger partial charge in [-0.2, -0.15) is 0 Å². The molecular formula is C49H40N2. The first kappa shape index (κ1) is 30.9. The molecule has 246 valence electrons. The Labute approximate surface area is 300 Å². The highest BCUT2D eigenvalue weighted by Crippen LogP contribution is 2.55. The standard InChI is InChI=1S/C49H40N2/c1-4-34-26-28-38(29-27-34)51(46-25-15-17-35-16-11-12-22-40(35)46)39-30-31-43-44(32-39)49(2,3)45-33-47(41-23-13-14-24-42(41)48(43)45)50(36-18-7-5-8-19-36)37-20-9-6-10-21-37/h5-33H,4H2,1-3H3. The maximum Gasteiger partial charge on any atom is 0.0543 e. The topological polar surface area (TPSA) is 6.48 Å². The maximum absolute atomic E-state index is 2.46. The summed E-state index contributed by atoms with van der Waals surface area (Å²) >= 11 is 0. The first-order chi connectivity index (χ1) is 25.0. The Morgan fingerprint density at radius 2 is 0.980 bits per heavy atom. The van der Waals surface area contributed by atoms with Crippen LogP contribution in [0.3, 0.4) is 0 Å². The highest BCUT2D eigenvalue weighted by Gasteiger charge is 2.38. The van der Waals surface area contributed by atoms with Gasteiger partial charge in [0.2, 0.25) is 0 Å². The van der Waals surface area contributed by atoms with E-state index in [2.05, 4.69) is 206 Å². The fourth-order valence-electron chi connectivity index (χ4n) is 8.17. The summed E-state index contributed by atoms with van der Waals surface area (Å²) in [5.74, 6) is 0. The van der Waals surface area contributed by atoms with Gasteiger partial charge in [-0.15, -0.1) is 0 Å². The normalized spacial score (nSPS) is 12.8. The number of nitrogens with zero attached hydrogens (tertiary/aromatic N) is 2. The Balaban J connectivity index is 1.26. The summed E-state index contributed by atoms with van der Waals surface area (Å²) in [6.07, 6.45) is 1.02. The van der Waals surface area contributed by atoms with E-state index in [0.29, 0.717) is 0 Å². The minimum atomic E-state index is -0.241. The molecule has 51 heavy (non-hydrogen) atoms. The summed E-state index contributed by atoms with van der Waals surface area (Å²) in [5, 5.41) is 4.99. The molecule has 8 aromatic rings. The molecule has 0 aliphatic heterocycles. The van der Waals surface area contributed by atoms with Crippen LogP contribution in [0, 0.1) is 0 Å². The average molecular weight is 657 g/mol. The van der Waals surface area contributed by atoms with Crippen LogP contribution in [0.5, 0.6) is 0 Å². The quantitative estimate of drug-likeness (QED) is 0.168. The third-order valence-corrected chi connectivity index (χ3v) is 10.8. The zero-order chi connectivity index (χ0) is 34.5. The van der Waals surface area contributed by atoms with Crippen molar-refractivity contribution in [1.29, 1.82) is 0 Å². The molecule has 0 N–H and O–H groups in total. The molecule has 0 fully saturated rings. The summed E-state index contributed by atoms with van der Waals surface area (Å²) < 4.78 is 0. The van der Waals surface area contributed by atoms with Crippen molar-refractivity contribution in [3.63, 3.8) is 0 Å². The predicted octanol–water partition coefficient (Wildman–Crippen LogP) is 13.8. The summed E-state index contributed by atoms with van der Waals surface area (Å²) in [6, 6.07) is 64.5. The van der Waals surface area contributed by atoms with E-state index in [-0.39, 0.29) is 5.41 Å². The van der Waals surface area contributed by atoms with Crippen LogP contribution in [-0.2, 0) is 11.8 Å². The van der Waals surface area contributed by atoms with Crippen molar-refractivity contribution >= 4 is 55.7 Å². The van der Waals surface area contributed by atoms with Crippen molar-refractivity contribution in [1.82, 2.24) is 0 Å². The Kier molecular flexibility index (Phi) is 7.47. The van der Waals surface area contributed by atoms with Crippen molar-refractivity contribution in [2.24, 2.45) is 0 Å². The SMILES string of the molecule is CCc1ccc(N(c2ccc3c(c2)C(C)(C)c2cc(N(c4ccccc4)c4ccccc4)c4ccccc4c2-3)c2cccc3ccccc23)cc1. The zero-order valence-corrected chi connectivity index (χ0v) is 29.3. The molecule has 0 bridgehead atoms. The molecule has 0 atom stereocenters. The van der Waals surface area contributed by atoms with Gasteiger partial charge in [-0.3, -0.25) is 0 Å². The molecule has 8 aromatic carbocycles. The minimum Gasteiger partial charge on any atom is -0.310 e. The summed E-state index contributed by atoms with van der Waals surface area (Å²) in [7, 11) is 0. The van der Waals surface area contributed by atoms with Crippen molar-refractivity contribution < 1.29 is 0 Å². The van der Waals surface area contributed by atoms with E-state index in [1.807, 2.05) is 0 Å². The van der Waals surface area contributed by atoms with Gasteiger partial charge in [0.25, 0.3) is 0 Å². The second-order valence-corrected chi connectivity index (χ2v) is 14.1. The third kappa shape index (κ3) is 5.10. The Morgan fingerprint density at radius 3 is 1.67 bits per heavy atom. The van der Waals surface area contributed by atoms with Gasteiger partial charge in [0.15, 0.2) is 0 Å². The van der Waals surface area contributed by atoms with Gasteiger partial charge in [0.1, 0.15) is 0 Å². The number of rotatable bonds is 7. The molecule has 0 aromatic heterocycles. The van der Waals surface area contributed by atoms with E-state index in [9.17, 15) is 0 Å². The van der Waals surface area contributed by atoms with Crippen LogP contribution in [0.15, 0.2) is 176 Å². The number of hydrogen-bond donors (Lipinski definition) is 0. The average Bonchev–Trinajstić information content (AvgIpc) is 3.41. The van der Waals surface area contributed by atoms with E-state index < -0.39 is 0 Å². The van der Waals surface area contributed by atoms with E-state index in [0.717, 1.165) is 29.2 Å². The predicted molar refractivity (Wildman–Crippen MR) is 218 cm³/mol. The van der Waals surface area contributed by atoms with Crippen LogP contribution >= 0.6 is 0 Å². The molecule has 9 rings (SSSR count). The molecule has 1 aliphatic carbocycles. The number of para-hydroxylation sites is 2. The molecular weight excluding hydrogens is 617 g/mol. The van der Waals surface area contributed by atoms with Crippen molar-refractivity contribution in [3.8, 4) is 11.1 Å². The van der Waals surface area contributed by atoms with Crippen LogP contribution < -0.4 is 9.80 Å². The van der Waals surface area contributed by atoms with Crippen LogP contribution in [0.4, 0.5) is 34.1 Å². The van der Waals surface area contributed by atoms with Gasteiger partial charge in [0.05, 0.1) is 11.4 Å². The van der Waals surface area contributed by atoms with Crippen molar-refractivity contribution in [2.75, 3.05) is 9.80 Å². The zero-order valence-electron chi connectivity index (χ0n) is 29.3. The highest BCUT2D eigenvalue weighted by molar-refractivity contribution is 6.10. The second-order valence-electron chi connectivity index (χ2n) is 14.1. The first-order valence-electron chi connectivity index (χ1n) is 18.0. The molecule has 0 saturated heterocycles. The summed E-state index contributed by atoms with van der Waals surface area (Å²) in [6.45, 7) is 7.01. The van der Waals surface area contributed by atoms with Gasteiger partial charge in [-0.05, 0) is 106 Å². The van der Waals surface area contributed by atoms with Crippen LogP contribution in [0.1, 0.15) is 37.5 Å². The molecule has 2 nitrogen and oxygen atoms in total. The maximum atomic E-state index is 2.46. The van der Waals surface area contributed by atoms with Gasteiger partial charge in [-0.1, -0.05) is 136 Å². The largest absolute Gasteiger partial charge is 0.310 e. The number of benzene rings is 8. The Hall–Kier alpha value is -6.12. The van der Waals surface area contributed by atoms with E-state index in [1.54, 1.807) is 0 Å². The van der Waals surface area contributed by atoms with Crippen molar-refractivity contribution in [2.45, 2.75) is 32.6 Å². The van der Waals surface area contributed by atoms with Gasteiger partial charge in [0, 0.05) is 38.9 Å². The van der Waals surface area contributed by atoms with E-state index in [1.165, 1.54) is 60.7 Å². The Morgan fingerprint density at radius 1 is 0.431 bits per heavy atom. The fraction of sp³-hybridized carbons (Fsp3) is 0.102. The molecule has 1 aliphatic rings. The van der Waals surface area contributed by atoms with Crippen molar-refractivity contribution in [3.05, 3.63) is 193 Å². The molecule has 2 heteroatoms. The van der Waals surface area contributed by atoms with Gasteiger partial charge in [-0.25, -0.2) is 0 Å². The Bertz CT molecular complexity index is 2490. The molecule has 0 radical (unpaired) electrons.